The summed E-state index contributed by atoms with van der Waals surface area (Å²) in [6.07, 6.45) is 0.127. The van der Waals surface area contributed by atoms with Crippen LogP contribution in [0, 0.1) is 10.1 Å². The zero-order valence-corrected chi connectivity index (χ0v) is 11.8. The minimum Gasteiger partial charge on any atom is -0.372 e. The second kappa shape index (κ2) is 5.58. The van der Waals surface area contributed by atoms with Crippen molar-refractivity contribution in [1.29, 1.82) is 0 Å². The van der Waals surface area contributed by atoms with Crippen LogP contribution in [-0.4, -0.2) is 36.0 Å². The number of nitro benzene ring substituents is 1. The number of hydrogen-bond donors (Lipinski definition) is 0. The summed E-state index contributed by atoms with van der Waals surface area (Å²) in [4.78, 5) is 24.2. The van der Waals surface area contributed by atoms with Crippen molar-refractivity contribution in [3.8, 4) is 0 Å². The Morgan fingerprint density at radius 2 is 1.95 bits per heavy atom. The first-order valence-corrected chi connectivity index (χ1v) is 6.58. The van der Waals surface area contributed by atoms with Crippen molar-refractivity contribution in [1.82, 2.24) is 0 Å². The molecule has 6 heteroatoms. The second-order valence-electron chi connectivity index (χ2n) is 5.18. The number of carbonyl (C=O) groups is 1. The van der Waals surface area contributed by atoms with Gasteiger partial charge in [-0.25, -0.2) is 0 Å². The zero-order chi connectivity index (χ0) is 14.9. The number of nitro groups is 1. The van der Waals surface area contributed by atoms with Crippen molar-refractivity contribution >= 4 is 17.2 Å². The van der Waals surface area contributed by atoms with E-state index in [0.717, 1.165) is 5.69 Å². The van der Waals surface area contributed by atoms with Gasteiger partial charge in [-0.1, -0.05) is 0 Å². The van der Waals surface area contributed by atoms with Gasteiger partial charge in [-0.2, -0.15) is 0 Å². The van der Waals surface area contributed by atoms with Crippen molar-refractivity contribution in [2.45, 2.75) is 33.0 Å². The minimum absolute atomic E-state index is 0.0618. The third-order valence-corrected chi connectivity index (χ3v) is 3.33. The van der Waals surface area contributed by atoms with Crippen LogP contribution in [0.1, 0.15) is 31.1 Å². The van der Waals surface area contributed by atoms with Crippen LogP contribution in [0.5, 0.6) is 0 Å². The van der Waals surface area contributed by atoms with Crippen LogP contribution in [0.15, 0.2) is 18.2 Å². The molecular weight excluding hydrogens is 260 g/mol. The van der Waals surface area contributed by atoms with Crippen molar-refractivity contribution in [2.24, 2.45) is 0 Å². The van der Waals surface area contributed by atoms with E-state index in [1.54, 1.807) is 6.07 Å². The van der Waals surface area contributed by atoms with E-state index >= 15 is 0 Å². The fraction of sp³-hybridized carbons (Fsp3) is 0.500. The molecule has 0 bridgehead atoms. The van der Waals surface area contributed by atoms with Crippen molar-refractivity contribution in [3.63, 3.8) is 0 Å². The highest BCUT2D eigenvalue weighted by atomic mass is 16.6. The van der Waals surface area contributed by atoms with Crippen LogP contribution in [0.4, 0.5) is 11.4 Å². The molecule has 1 aliphatic rings. The Morgan fingerprint density at radius 3 is 2.45 bits per heavy atom. The number of morpholine rings is 1. The lowest BCUT2D eigenvalue weighted by Crippen LogP contribution is -2.46. The molecule has 1 aliphatic heterocycles. The van der Waals surface area contributed by atoms with E-state index in [-0.39, 0.29) is 23.7 Å². The van der Waals surface area contributed by atoms with E-state index in [1.807, 2.05) is 13.8 Å². The average molecular weight is 278 g/mol. The van der Waals surface area contributed by atoms with E-state index in [2.05, 4.69) is 4.90 Å². The molecule has 1 aromatic rings. The van der Waals surface area contributed by atoms with Gasteiger partial charge in [0.15, 0.2) is 5.78 Å². The van der Waals surface area contributed by atoms with Gasteiger partial charge in [-0.15, -0.1) is 0 Å². The fourth-order valence-electron chi connectivity index (χ4n) is 2.57. The molecule has 0 saturated carbocycles. The quantitative estimate of drug-likeness (QED) is 0.482. The lowest BCUT2D eigenvalue weighted by atomic mass is 10.1. The molecule has 6 nitrogen and oxygen atoms in total. The number of rotatable bonds is 3. The molecule has 1 saturated heterocycles. The van der Waals surface area contributed by atoms with Crippen LogP contribution in [0.2, 0.25) is 0 Å². The number of ether oxygens (including phenoxy) is 1. The number of benzene rings is 1. The second-order valence-corrected chi connectivity index (χ2v) is 5.18. The molecule has 0 spiro atoms. The van der Waals surface area contributed by atoms with E-state index < -0.39 is 4.92 Å². The maximum Gasteiger partial charge on any atom is 0.270 e. The first-order chi connectivity index (χ1) is 9.38. The zero-order valence-electron chi connectivity index (χ0n) is 11.8. The Morgan fingerprint density at radius 1 is 1.35 bits per heavy atom. The van der Waals surface area contributed by atoms with Crippen molar-refractivity contribution in [2.75, 3.05) is 18.0 Å². The van der Waals surface area contributed by atoms with E-state index in [4.69, 9.17) is 4.74 Å². The highest BCUT2D eigenvalue weighted by molar-refractivity contribution is 6.00. The molecule has 0 N–H and O–H groups in total. The number of anilines is 1. The van der Waals surface area contributed by atoms with Crippen molar-refractivity contribution < 1.29 is 14.5 Å². The van der Waals surface area contributed by atoms with Crippen molar-refractivity contribution in [3.05, 3.63) is 33.9 Å². The highest BCUT2D eigenvalue weighted by Gasteiger charge is 2.25. The van der Waals surface area contributed by atoms with Gasteiger partial charge in [-0.05, 0) is 26.8 Å². The van der Waals surface area contributed by atoms with Crippen LogP contribution in [0.25, 0.3) is 0 Å². The summed E-state index contributed by atoms with van der Waals surface area (Å²) in [5.74, 6) is -0.171. The maximum atomic E-state index is 11.8. The monoisotopic (exact) mass is 278 g/mol. The molecule has 0 amide bonds. The largest absolute Gasteiger partial charge is 0.372 e. The van der Waals surface area contributed by atoms with Gasteiger partial charge in [0.2, 0.25) is 0 Å². The minimum atomic E-state index is -0.485. The Bertz CT molecular complexity index is 534. The first-order valence-electron chi connectivity index (χ1n) is 6.58. The molecule has 2 rings (SSSR count). The molecule has 2 atom stereocenters. The van der Waals surface area contributed by atoms with Crippen LogP contribution in [-0.2, 0) is 4.74 Å². The number of ketones is 1. The molecule has 0 aliphatic carbocycles. The summed E-state index contributed by atoms with van der Waals surface area (Å²) < 4.78 is 5.67. The van der Waals surface area contributed by atoms with E-state index in [0.29, 0.717) is 18.7 Å². The standard InChI is InChI=1S/C14H18N2O4/c1-9-7-15(8-10(2)20-9)14-5-4-12(16(18)19)6-13(14)11(3)17/h4-6,9-10H,7-8H2,1-3H3/t9-,10+. The lowest BCUT2D eigenvalue weighted by molar-refractivity contribution is -0.384. The van der Waals surface area contributed by atoms with E-state index in [1.165, 1.54) is 19.1 Å². The average Bonchev–Trinajstić information content (AvgIpc) is 2.36. The van der Waals surface area contributed by atoms with Gasteiger partial charge < -0.3 is 9.64 Å². The van der Waals surface area contributed by atoms with Gasteiger partial charge in [0.25, 0.3) is 5.69 Å². The fourth-order valence-corrected chi connectivity index (χ4v) is 2.57. The lowest BCUT2D eigenvalue weighted by Gasteiger charge is -2.37. The predicted octanol–water partition coefficient (Wildman–Crippen LogP) is 2.41. The summed E-state index contributed by atoms with van der Waals surface area (Å²) >= 11 is 0. The molecule has 20 heavy (non-hydrogen) atoms. The molecule has 0 radical (unpaired) electrons. The van der Waals surface area contributed by atoms with Gasteiger partial charge in [0.1, 0.15) is 0 Å². The van der Waals surface area contributed by atoms with Crippen LogP contribution < -0.4 is 4.90 Å². The third-order valence-electron chi connectivity index (χ3n) is 3.33. The van der Waals surface area contributed by atoms with Gasteiger partial charge in [-0.3, -0.25) is 14.9 Å². The Kier molecular flexibility index (Phi) is 4.04. The molecule has 0 unspecified atom stereocenters. The van der Waals surface area contributed by atoms with Gasteiger partial charge in [0.05, 0.1) is 17.1 Å². The number of carbonyl (C=O) groups excluding carboxylic acids is 1. The SMILES string of the molecule is CC(=O)c1cc([N+](=O)[O-])ccc1N1C[C@@H](C)O[C@@H](C)C1. The molecule has 1 aromatic carbocycles. The topological polar surface area (TPSA) is 72.7 Å². The molecule has 0 aromatic heterocycles. The predicted molar refractivity (Wildman–Crippen MR) is 75.3 cm³/mol. The number of nitrogens with zero attached hydrogens (tertiary/aromatic N) is 2. The smallest absolute Gasteiger partial charge is 0.270 e. The number of non-ortho nitro benzene ring substituents is 1. The first kappa shape index (κ1) is 14.5. The normalized spacial score (nSPS) is 22.6. The molecule has 108 valence electrons. The summed E-state index contributed by atoms with van der Waals surface area (Å²) in [6.45, 7) is 6.71. The molecular formula is C14H18N2O4. The van der Waals surface area contributed by atoms with Gasteiger partial charge in [0, 0.05) is 36.5 Å². The molecule has 1 fully saturated rings. The summed E-state index contributed by atoms with van der Waals surface area (Å²) in [6, 6.07) is 4.44. The summed E-state index contributed by atoms with van der Waals surface area (Å²) in [5, 5.41) is 10.8. The Hall–Kier alpha value is -1.95. The summed E-state index contributed by atoms with van der Waals surface area (Å²) in [7, 11) is 0. The highest BCUT2D eigenvalue weighted by Crippen LogP contribution is 2.28. The summed E-state index contributed by atoms with van der Waals surface area (Å²) in [5.41, 5.74) is 1.07. The third kappa shape index (κ3) is 2.96. The van der Waals surface area contributed by atoms with E-state index in [9.17, 15) is 14.9 Å². The number of hydrogen-bond acceptors (Lipinski definition) is 5. The van der Waals surface area contributed by atoms with Crippen LogP contribution in [0.3, 0.4) is 0 Å². The molecule has 1 heterocycles. The number of Topliss-reactive ketones (excluding diaryl/α,β-unsaturated/α-hetero) is 1. The maximum absolute atomic E-state index is 11.8. The van der Waals surface area contributed by atoms with Crippen LogP contribution >= 0.6 is 0 Å². The Balaban J connectivity index is 2.40. The Labute approximate surface area is 117 Å². The van der Waals surface area contributed by atoms with Gasteiger partial charge >= 0.3 is 0 Å².